The van der Waals surface area contributed by atoms with Crippen LogP contribution in [0, 0.1) is 5.92 Å². The highest BCUT2D eigenvalue weighted by Crippen LogP contribution is 2.26. The Morgan fingerprint density at radius 2 is 1.88 bits per heavy atom. The lowest BCUT2D eigenvalue weighted by molar-refractivity contribution is -0.205. The minimum Gasteiger partial charge on any atom is -0.453 e. The fourth-order valence-electron chi connectivity index (χ4n) is 4.17. The molecule has 0 bridgehead atoms. The summed E-state index contributed by atoms with van der Waals surface area (Å²) in [5.74, 6) is -2.06. The highest BCUT2D eigenvalue weighted by molar-refractivity contribution is 7.89. The maximum Gasteiger partial charge on any atom is 0.490 e. The molecule has 1 N–H and O–H groups in total. The van der Waals surface area contributed by atoms with Crippen LogP contribution in [0.1, 0.15) is 26.7 Å². The number of alkyl halides is 3. The molecule has 0 aliphatic carbocycles. The molecule has 1 saturated heterocycles. The van der Waals surface area contributed by atoms with Crippen molar-refractivity contribution in [2.75, 3.05) is 19.6 Å². The second-order valence-corrected chi connectivity index (χ2v) is 10.0. The molecule has 3 rings (SSSR count). The first-order valence-electron chi connectivity index (χ1n) is 10.5. The van der Waals surface area contributed by atoms with Gasteiger partial charge in [0.25, 0.3) is 0 Å². The molecule has 1 heterocycles. The van der Waals surface area contributed by atoms with E-state index in [1.165, 1.54) is 6.07 Å². The van der Waals surface area contributed by atoms with E-state index in [0.29, 0.717) is 17.3 Å². The van der Waals surface area contributed by atoms with Crippen LogP contribution < -0.4 is 4.72 Å². The monoisotopic (exact) mass is 472 g/mol. The van der Waals surface area contributed by atoms with Crippen molar-refractivity contribution in [3.05, 3.63) is 42.5 Å². The van der Waals surface area contributed by atoms with E-state index >= 15 is 0 Å². The van der Waals surface area contributed by atoms with Gasteiger partial charge in [-0.25, -0.2) is 17.9 Å². The standard InChI is InChI=1S/C22H27F3N2O4S/c1-15(2)19-10-6-12-27(19)14-17(31-21(28)22(23,24)25)13-26-32(29,30)20-11-5-8-16-7-3-4-9-18(16)20/h3-5,7-9,11,15,17,19,26H,6,10,12-14H2,1-2H3/t17-,19?/m0/s1. The predicted molar refractivity (Wildman–Crippen MR) is 115 cm³/mol. The summed E-state index contributed by atoms with van der Waals surface area (Å²) in [6.45, 7) is 4.24. The van der Waals surface area contributed by atoms with Gasteiger partial charge in [0.15, 0.2) is 0 Å². The molecule has 10 heteroatoms. The van der Waals surface area contributed by atoms with Crippen molar-refractivity contribution in [1.82, 2.24) is 9.62 Å². The first-order chi connectivity index (χ1) is 15.0. The van der Waals surface area contributed by atoms with Gasteiger partial charge in [0, 0.05) is 24.5 Å². The molecule has 0 amide bonds. The Hall–Kier alpha value is -2.17. The van der Waals surface area contributed by atoms with E-state index < -0.39 is 34.8 Å². The quantitative estimate of drug-likeness (QED) is 0.593. The molecule has 176 valence electrons. The highest BCUT2D eigenvalue weighted by atomic mass is 32.2. The SMILES string of the molecule is CC(C)C1CCCN1C[C@H](CNS(=O)(=O)c1cccc2ccccc12)OC(=O)C(F)(F)F. The first kappa shape index (κ1) is 24.5. The molecular weight excluding hydrogens is 445 g/mol. The number of hydrogen-bond acceptors (Lipinski definition) is 5. The molecule has 1 aliphatic heterocycles. The third kappa shape index (κ3) is 5.79. The molecule has 0 saturated carbocycles. The van der Waals surface area contributed by atoms with E-state index in [2.05, 4.69) is 4.72 Å². The molecule has 0 radical (unpaired) electrons. The van der Waals surface area contributed by atoms with Crippen LogP contribution in [0.3, 0.4) is 0 Å². The van der Waals surface area contributed by atoms with Crippen LogP contribution in [-0.2, 0) is 19.6 Å². The molecule has 0 spiro atoms. The number of halogens is 3. The number of carbonyl (C=O) groups excluding carboxylic acids is 1. The van der Waals surface area contributed by atoms with Crippen molar-refractivity contribution >= 4 is 26.8 Å². The number of hydrogen-bond donors (Lipinski definition) is 1. The summed E-state index contributed by atoms with van der Waals surface area (Å²) in [6, 6.07) is 11.8. The Kier molecular flexibility index (Phi) is 7.46. The van der Waals surface area contributed by atoms with E-state index in [1.807, 2.05) is 18.7 Å². The van der Waals surface area contributed by atoms with Crippen molar-refractivity contribution in [3.8, 4) is 0 Å². The van der Waals surface area contributed by atoms with E-state index in [0.717, 1.165) is 12.8 Å². The molecular formula is C22H27F3N2O4S. The van der Waals surface area contributed by atoms with Crippen molar-refractivity contribution in [1.29, 1.82) is 0 Å². The van der Waals surface area contributed by atoms with E-state index in [9.17, 15) is 26.4 Å². The van der Waals surface area contributed by atoms with Gasteiger partial charge in [0.05, 0.1) is 4.90 Å². The number of benzene rings is 2. The Morgan fingerprint density at radius 1 is 1.19 bits per heavy atom. The molecule has 1 unspecified atom stereocenters. The molecule has 6 nitrogen and oxygen atoms in total. The maximum atomic E-state index is 13.0. The number of esters is 1. The van der Waals surface area contributed by atoms with Crippen molar-refractivity contribution in [2.45, 2.75) is 49.9 Å². The molecule has 1 aliphatic rings. The number of sulfonamides is 1. The topological polar surface area (TPSA) is 75.7 Å². The van der Waals surface area contributed by atoms with Gasteiger partial charge in [-0.2, -0.15) is 13.2 Å². The van der Waals surface area contributed by atoms with Gasteiger partial charge < -0.3 is 4.74 Å². The van der Waals surface area contributed by atoms with Crippen molar-refractivity contribution in [2.24, 2.45) is 5.92 Å². The third-order valence-electron chi connectivity index (χ3n) is 5.67. The smallest absolute Gasteiger partial charge is 0.453 e. The summed E-state index contributed by atoms with van der Waals surface area (Å²) in [5.41, 5.74) is 0. The largest absolute Gasteiger partial charge is 0.490 e. The van der Waals surface area contributed by atoms with Gasteiger partial charge in [0.1, 0.15) is 6.10 Å². The summed E-state index contributed by atoms with van der Waals surface area (Å²) >= 11 is 0. The van der Waals surface area contributed by atoms with Crippen LogP contribution in [0.4, 0.5) is 13.2 Å². The molecule has 1 fully saturated rings. The summed E-state index contributed by atoms with van der Waals surface area (Å²) in [5, 5.41) is 1.21. The Balaban J connectivity index is 1.79. The summed E-state index contributed by atoms with van der Waals surface area (Å²) in [7, 11) is -4.06. The van der Waals surface area contributed by atoms with Gasteiger partial charge in [0.2, 0.25) is 10.0 Å². The zero-order valence-electron chi connectivity index (χ0n) is 17.9. The molecule has 2 aromatic rings. The fraction of sp³-hybridized carbons (Fsp3) is 0.500. The van der Waals surface area contributed by atoms with Gasteiger partial charge in [-0.1, -0.05) is 50.2 Å². The van der Waals surface area contributed by atoms with E-state index in [-0.39, 0.29) is 23.4 Å². The third-order valence-corrected chi connectivity index (χ3v) is 7.15. The Labute approximate surface area is 185 Å². The molecule has 2 aromatic carbocycles. The summed E-state index contributed by atoms with van der Waals surface area (Å²) in [4.78, 5) is 13.5. The van der Waals surface area contributed by atoms with Crippen molar-refractivity contribution < 1.29 is 31.1 Å². The van der Waals surface area contributed by atoms with Gasteiger partial charge in [-0.15, -0.1) is 0 Å². The van der Waals surface area contributed by atoms with Crippen LogP contribution in [0.15, 0.2) is 47.4 Å². The second-order valence-electron chi connectivity index (χ2n) is 8.30. The lowest BCUT2D eigenvalue weighted by Crippen LogP contribution is -2.46. The molecule has 2 atom stereocenters. The Morgan fingerprint density at radius 3 is 2.56 bits per heavy atom. The van der Waals surface area contributed by atoms with Crippen LogP contribution in [-0.4, -0.2) is 57.2 Å². The number of fused-ring (bicyclic) bond motifs is 1. The average molecular weight is 473 g/mol. The van der Waals surface area contributed by atoms with Gasteiger partial charge in [-0.05, 0) is 36.8 Å². The maximum absolute atomic E-state index is 13.0. The zero-order valence-corrected chi connectivity index (χ0v) is 18.7. The Bertz CT molecular complexity index is 1050. The number of carbonyl (C=O) groups is 1. The first-order valence-corrected chi connectivity index (χ1v) is 12.0. The zero-order chi connectivity index (χ0) is 23.5. The van der Waals surface area contributed by atoms with Crippen LogP contribution in [0.2, 0.25) is 0 Å². The lowest BCUT2D eigenvalue weighted by Gasteiger charge is -2.31. The molecule has 32 heavy (non-hydrogen) atoms. The minimum absolute atomic E-state index is 0.0118. The van der Waals surface area contributed by atoms with E-state index in [4.69, 9.17) is 4.74 Å². The molecule has 0 aromatic heterocycles. The number of ether oxygens (including phenoxy) is 1. The number of nitrogens with one attached hydrogen (secondary N) is 1. The second kappa shape index (κ2) is 9.76. The van der Waals surface area contributed by atoms with Crippen LogP contribution >= 0.6 is 0 Å². The summed E-state index contributed by atoms with van der Waals surface area (Å²) < 4.78 is 71.4. The summed E-state index contributed by atoms with van der Waals surface area (Å²) in [6.07, 6.45) is -4.67. The van der Waals surface area contributed by atoms with Crippen LogP contribution in [0.5, 0.6) is 0 Å². The average Bonchev–Trinajstić information content (AvgIpc) is 3.19. The number of nitrogens with zero attached hydrogens (tertiary/aromatic N) is 1. The fourth-order valence-corrected chi connectivity index (χ4v) is 5.46. The highest BCUT2D eigenvalue weighted by Gasteiger charge is 2.43. The normalized spacial score (nSPS) is 18.9. The van der Waals surface area contributed by atoms with Gasteiger partial charge in [-0.3, -0.25) is 4.90 Å². The number of likely N-dealkylation sites (tertiary alicyclic amines) is 1. The predicted octanol–water partition coefficient (Wildman–Crippen LogP) is 3.71. The minimum atomic E-state index is -5.16. The lowest BCUT2D eigenvalue weighted by atomic mass is 10.0. The van der Waals surface area contributed by atoms with Crippen molar-refractivity contribution in [3.63, 3.8) is 0 Å². The van der Waals surface area contributed by atoms with Crippen LogP contribution in [0.25, 0.3) is 10.8 Å². The number of rotatable bonds is 8. The van der Waals surface area contributed by atoms with E-state index in [1.54, 1.807) is 36.4 Å². The van der Waals surface area contributed by atoms with Gasteiger partial charge >= 0.3 is 12.1 Å².